The minimum absolute atomic E-state index is 0.0175. The van der Waals surface area contributed by atoms with Crippen molar-refractivity contribution in [2.45, 2.75) is 45.7 Å². The standard InChI is InChI=1S/C23H27N7O2/c1-16-13-21(28-23(26-16)29-12-10-24-15-29)30-11-4-3-5-20(30)22(32)25-14-18-6-8-19(9-7-18)27-17(2)31/h6-10,12-13,15,20H,3-5,11,14H2,1-2H3,(H,25,32)(H,27,31). The van der Waals surface area contributed by atoms with Gasteiger partial charge in [-0.25, -0.2) is 9.97 Å². The molecule has 9 heteroatoms. The fourth-order valence-corrected chi connectivity index (χ4v) is 3.87. The smallest absolute Gasteiger partial charge is 0.243 e. The van der Waals surface area contributed by atoms with Crippen LogP contribution in [0.4, 0.5) is 11.5 Å². The quantitative estimate of drug-likeness (QED) is 0.619. The van der Waals surface area contributed by atoms with E-state index in [1.165, 1.54) is 6.92 Å². The molecule has 3 aromatic rings. The molecule has 32 heavy (non-hydrogen) atoms. The van der Waals surface area contributed by atoms with Crippen molar-refractivity contribution in [3.63, 3.8) is 0 Å². The van der Waals surface area contributed by atoms with E-state index in [2.05, 4.69) is 25.5 Å². The predicted octanol–water partition coefficient (Wildman–Crippen LogP) is 2.60. The van der Waals surface area contributed by atoms with Crippen LogP contribution in [0.2, 0.25) is 0 Å². The number of amides is 2. The molecule has 0 radical (unpaired) electrons. The summed E-state index contributed by atoms with van der Waals surface area (Å²) in [7, 11) is 0. The molecule has 166 valence electrons. The number of aromatic nitrogens is 4. The summed E-state index contributed by atoms with van der Waals surface area (Å²) in [6.45, 7) is 4.59. The number of piperidine rings is 1. The molecule has 2 N–H and O–H groups in total. The van der Waals surface area contributed by atoms with Crippen molar-refractivity contribution in [3.05, 3.63) is 60.3 Å². The number of hydrogen-bond acceptors (Lipinski definition) is 6. The zero-order chi connectivity index (χ0) is 22.5. The molecule has 0 aliphatic carbocycles. The number of anilines is 2. The van der Waals surface area contributed by atoms with Crippen molar-refractivity contribution in [1.29, 1.82) is 0 Å². The van der Waals surface area contributed by atoms with Crippen LogP contribution >= 0.6 is 0 Å². The second-order valence-corrected chi connectivity index (χ2v) is 7.94. The van der Waals surface area contributed by atoms with Gasteiger partial charge in [0.2, 0.25) is 17.8 Å². The second kappa shape index (κ2) is 9.59. The van der Waals surface area contributed by atoms with Crippen LogP contribution < -0.4 is 15.5 Å². The first kappa shape index (κ1) is 21.5. The first-order valence-corrected chi connectivity index (χ1v) is 10.7. The second-order valence-electron chi connectivity index (χ2n) is 7.94. The van der Waals surface area contributed by atoms with Gasteiger partial charge in [0.1, 0.15) is 18.2 Å². The van der Waals surface area contributed by atoms with E-state index < -0.39 is 0 Å². The van der Waals surface area contributed by atoms with E-state index in [1.54, 1.807) is 23.3 Å². The topological polar surface area (TPSA) is 105 Å². The van der Waals surface area contributed by atoms with Crippen LogP contribution in [0, 0.1) is 6.92 Å². The lowest BCUT2D eigenvalue weighted by atomic mass is 10.0. The number of benzene rings is 1. The molecule has 1 fully saturated rings. The van der Waals surface area contributed by atoms with Crippen LogP contribution in [0.25, 0.3) is 5.95 Å². The highest BCUT2D eigenvalue weighted by molar-refractivity contribution is 5.88. The fourth-order valence-electron chi connectivity index (χ4n) is 3.87. The van der Waals surface area contributed by atoms with Gasteiger partial charge in [-0.1, -0.05) is 12.1 Å². The summed E-state index contributed by atoms with van der Waals surface area (Å²) >= 11 is 0. The van der Waals surface area contributed by atoms with Crippen molar-refractivity contribution >= 4 is 23.3 Å². The van der Waals surface area contributed by atoms with E-state index in [0.717, 1.165) is 48.6 Å². The predicted molar refractivity (Wildman–Crippen MR) is 121 cm³/mol. The molecule has 3 heterocycles. The zero-order valence-corrected chi connectivity index (χ0v) is 18.3. The lowest BCUT2D eigenvalue weighted by Gasteiger charge is -2.35. The number of aryl methyl sites for hydroxylation is 1. The van der Waals surface area contributed by atoms with Gasteiger partial charge < -0.3 is 15.5 Å². The summed E-state index contributed by atoms with van der Waals surface area (Å²) in [4.78, 5) is 39.6. The average molecular weight is 434 g/mol. The van der Waals surface area contributed by atoms with Crippen molar-refractivity contribution in [3.8, 4) is 5.95 Å². The molecule has 9 nitrogen and oxygen atoms in total. The monoisotopic (exact) mass is 433 g/mol. The normalized spacial score (nSPS) is 15.9. The first-order valence-electron chi connectivity index (χ1n) is 10.7. The summed E-state index contributed by atoms with van der Waals surface area (Å²) in [6.07, 6.45) is 7.94. The maximum atomic E-state index is 13.1. The number of imidazole rings is 1. The number of carbonyl (C=O) groups is 2. The van der Waals surface area contributed by atoms with Gasteiger partial charge in [0.25, 0.3) is 0 Å². The summed E-state index contributed by atoms with van der Waals surface area (Å²) in [5.41, 5.74) is 2.54. The molecule has 0 bridgehead atoms. The molecule has 1 unspecified atom stereocenters. The van der Waals surface area contributed by atoms with Gasteiger partial charge in [0, 0.05) is 49.9 Å². The van der Waals surface area contributed by atoms with E-state index in [9.17, 15) is 9.59 Å². The van der Waals surface area contributed by atoms with Crippen LogP contribution in [0.3, 0.4) is 0 Å². The molecule has 0 saturated carbocycles. The summed E-state index contributed by atoms with van der Waals surface area (Å²) < 4.78 is 1.76. The molecule has 1 atom stereocenters. The Balaban J connectivity index is 1.46. The molecule has 2 aromatic heterocycles. The third-order valence-corrected chi connectivity index (χ3v) is 5.41. The Morgan fingerprint density at radius 1 is 1.16 bits per heavy atom. The Morgan fingerprint density at radius 3 is 2.69 bits per heavy atom. The third kappa shape index (κ3) is 5.11. The zero-order valence-electron chi connectivity index (χ0n) is 18.3. The molecule has 1 aliphatic rings. The Labute approximate surface area is 186 Å². The summed E-state index contributed by atoms with van der Waals surface area (Å²) in [6, 6.07) is 9.10. The average Bonchev–Trinajstić information content (AvgIpc) is 3.33. The van der Waals surface area contributed by atoms with Gasteiger partial charge in [0.15, 0.2) is 0 Å². The van der Waals surface area contributed by atoms with E-state index in [4.69, 9.17) is 4.98 Å². The molecule has 4 rings (SSSR count). The van der Waals surface area contributed by atoms with Crippen molar-refractivity contribution in [1.82, 2.24) is 24.8 Å². The lowest BCUT2D eigenvalue weighted by Crippen LogP contribution is -2.50. The van der Waals surface area contributed by atoms with Gasteiger partial charge in [-0.3, -0.25) is 14.2 Å². The summed E-state index contributed by atoms with van der Waals surface area (Å²) in [5, 5.41) is 5.80. The minimum atomic E-state index is -0.285. The maximum Gasteiger partial charge on any atom is 0.243 e. The van der Waals surface area contributed by atoms with Gasteiger partial charge in [0.05, 0.1) is 0 Å². The third-order valence-electron chi connectivity index (χ3n) is 5.41. The highest BCUT2D eigenvalue weighted by Crippen LogP contribution is 2.25. The largest absolute Gasteiger partial charge is 0.350 e. The Hall–Kier alpha value is -3.75. The number of hydrogen-bond donors (Lipinski definition) is 2. The fraction of sp³-hybridized carbons (Fsp3) is 0.348. The molecule has 1 aromatic carbocycles. The van der Waals surface area contributed by atoms with E-state index in [1.807, 2.05) is 37.3 Å². The number of nitrogens with one attached hydrogen (secondary N) is 2. The Bertz CT molecular complexity index is 1080. The van der Waals surface area contributed by atoms with Crippen molar-refractivity contribution < 1.29 is 9.59 Å². The number of rotatable bonds is 6. The Morgan fingerprint density at radius 2 is 1.97 bits per heavy atom. The van der Waals surface area contributed by atoms with E-state index >= 15 is 0 Å². The lowest BCUT2D eigenvalue weighted by molar-refractivity contribution is -0.123. The molecule has 1 aliphatic heterocycles. The number of nitrogens with zero attached hydrogens (tertiary/aromatic N) is 5. The van der Waals surface area contributed by atoms with Crippen molar-refractivity contribution in [2.24, 2.45) is 0 Å². The molecule has 2 amide bonds. The van der Waals surface area contributed by atoms with Gasteiger partial charge in [-0.15, -0.1) is 0 Å². The molecule has 1 saturated heterocycles. The van der Waals surface area contributed by atoms with Crippen LogP contribution in [0.5, 0.6) is 0 Å². The van der Waals surface area contributed by atoms with Crippen LogP contribution in [-0.4, -0.2) is 43.9 Å². The van der Waals surface area contributed by atoms with Gasteiger partial charge >= 0.3 is 0 Å². The summed E-state index contributed by atoms with van der Waals surface area (Å²) in [5.74, 6) is 1.16. The van der Waals surface area contributed by atoms with E-state index in [-0.39, 0.29) is 17.9 Å². The van der Waals surface area contributed by atoms with Gasteiger partial charge in [-0.2, -0.15) is 4.98 Å². The van der Waals surface area contributed by atoms with Crippen LogP contribution in [-0.2, 0) is 16.1 Å². The molecule has 0 spiro atoms. The minimum Gasteiger partial charge on any atom is -0.350 e. The van der Waals surface area contributed by atoms with Crippen LogP contribution in [0.15, 0.2) is 49.1 Å². The molecular formula is C23H27N7O2. The SMILES string of the molecule is CC(=O)Nc1ccc(CNC(=O)C2CCCCN2c2cc(C)nc(-n3ccnc3)n2)cc1. The van der Waals surface area contributed by atoms with E-state index in [0.29, 0.717) is 12.5 Å². The first-order chi connectivity index (χ1) is 15.5. The highest BCUT2D eigenvalue weighted by atomic mass is 16.2. The van der Waals surface area contributed by atoms with Crippen molar-refractivity contribution in [2.75, 3.05) is 16.8 Å². The highest BCUT2D eigenvalue weighted by Gasteiger charge is 2.30. The van der Waals surface area contributed by atoms with Gasteiger partial charge in [-0.05, 0) is 43.9 Å². The Kier molecular flexibility index (Phi) is 6.44. The number of carbonyl (C=O) groups excluding carboxylic acids is 2. The maximum absolute atomic E-state index is 13.1. The molecular weight excluding hydrogens is 406 g/mol. The van der Waals surface area contributed by atoms with Crippen LogP contribution in [0.1, 0.15) is 37.4 Å².